The third-order valence-electron chi connectivity index (χ3n) is 2.49. The summed E-state index contributed by atoms with van der Waals surface area (Å²) in [6, 6.07) is 1.55. The third-order valence-corrected chi connectivity index (χ3v) is 5.12. The average Bonchev–Trinajstić information content (AvgIpc) is 2.76. The molecule has 0 unspecified atom stereocenters. The first-order valence-electron chi connectivity index (χ1n) is 5.23. The zero-order chi connectivity index (χ0) is 13.1. The van der Waals surface area contributed by atoms with Crippen LogP contribution in [0.2, 0.25) is 0 Å². The van der Waals surface area contributed by atoms with Crippen LogP contribution in [0.3, 0.4) is 0 Å². The predicted molar refractivity (Wildman–Crippen MR) is 71.5 cm³/mol. The standard InChI is InChI=1S/C10H19N3O2S2/c1-10(2,16-3)7-13-17(14,15)9-4-8(5-11)12-6-9/h4,6,12-13H,5,7,11H2,1-3H3. The van der Waals surface area contributed by atoms with Crippen molar-refractivity contribution in [1.29, 1.82) is 0 Å². The van der Waals surface area contributed by atoms with Crippen molar-refractivity contribution in [2.75, 3.05) is 12.8 Å². The Bertz CT molecular complexity index is 466. The van der Waals surface area contributed by atoms with Crippen LogP contribution >= 0.6 is 11.8 Å². The Morgan fingerprint density at radius 3 is 2.65 bits per heavy atom. The maximum atomic E-state index is 11.9. The zero-order valence-corrected chi connectivity index (χ0v) is 11.9. The van der Waals surface area contributed by atoms with E-state index in [2.05, 4.69) is 9.71 Å². The van der Waals surface area contributed by atoms with Crippen molar-refractivity contribution in [2.24, 2.45) is 5.73 Å². The van der Waals surface area contributed by atoms with Crippen molar-refractivity contribution >= 4 is 21.8 Å². The lowest BCUT2D eigenvalue weighted by molar-refractivity contribution is 0.571. The molecule has 0 saturated carbocycles. The molecular formula is C10H19N3O2S2. The molecule has 0 aromatic carbocycles. The highest BCUT2D eigenvalue weighted by atomic mass is 32.2. The fourth-order valence-electron chi connectivity index (χ4n) is 1.12. The number of nitrogens with two attached hydrogens (primary N) is 1. The molecule has 0 aliphatic heterocycles. The minimum absolute atomic E-state index is 0.125. The molecular weight excluding hydrogens is 258 g/mol. The largest absolute Gasteiger partial charge is 0.363 e. The van der Waals surface area contributed by atoms with Gasteiger partial charge in [-0.15, -0.1) is 0 Å². The number of sulfonamides is 1. The topological polar surface area (TPSA) is 88.0 Å². The van der Waals surface area contributed by atoms with E-state index in [0.717, 1.165) is 0 Å². The van der Waals surface area contributed by atoms with Crippen molar-refractivity contribution < 1.29 is 8.42 Å². The van der Waals surface area contributed by atoms with Gasteiger partial charge in [-0.2, -0.15) is 11.8 Å². The average molecular weight is 277 g/mol. The smallest absolute Gasteiger partial charge is 0.242 e. The summed E-state index contributed by atoms with van der Waals surface area (Å²) in [5, 5.41) is 0. The maximum Gasteiger partial charge on any atom is 0.242 e. The van der Waals surface area contributed by atoms with Gasteiger partial charge in [0.15, 0.2) is 0 Å². The van der Waals surface area contributed by atoms with Crippen molar-refractivity contribution in [1.82, 2.24) is 9.71 Å². The van der Waals surface area contributed by atoms with Gasteiger partial charge in [-0.1, -0.05) is 0 Å². The molecule has 1 aromatic rings. The molecule has 1 heterocycles. The molecule has 0 amide bonds. The van der Waals surface area contributed by atoms with Gasteiger partial charge in [-0.25, -0.2) is 13.1 Å². The minimum atomic E-state index is -3.44. The SMILES string of the molecule is CSC(C)(C)CNS(=O)(=O)c1c[nH]c(CN)c1. The Balaban J connectivity index is 2.76. The third kappa shape index (κ3) is 4.02. The summed E-state index contributed by atoms with van der Waals surface area (Å²) in [5.74, 6) is 0. The lowest BCUT2D eigenvalue weighted by Crippen LogP contribution is -2.35. The molecule has 1 aromatic heterocycles. The van der Waals surface area contributed by atoms with Crippen molar-refractivity contribution in [2.45, 2.75) is 30.0 Å². The predicted octanol–water partition coefficient (Wildman–Crippen LogP) is 0.893. The summed E-state index contributed by atoms with van der Waals surface area (Å²) in [6.07, 6.45) is 3.41. The second-order valence-corrected chi connectivity index (χ2v) is 7.63. The zero-order valence-electron chi connectivity index (χ0n) is 10.3. The van der Waals surface area contributed by atoms with E-state index in [4.69, 9.17) is 5.73 Å². The van der Waals surface area contributed by atoms with Gasteiger partial charge in [0.2, 0.25) is 10.0 Å². The normalized spacial score (nSPS) is 12.9. The number of nitrogens with one attached hydrogen (secondary N) is 2. The van der Waals surface area contributed by atoms with Gasteiger partial charge in [-0.3, -0.25) is 0 Å². The molecule has 5 nitrogen and oxygen atoms in total. The molecule has 0 fully saturated rings. The second-order valence-electron chi connectivity index (χ2n) is 4.35. The molecule has 0 spiro atoms. The summed E-state index contributed by atoms with van der Waals surface area (Å²) in [5.41, 5.74) is 6.12. The van der Waals surface area contributed by atoms with Crippen LogP contribution in [0, 0.1) is 0 Å². The molecule has 0 aliphatic carbocycles. The fourth-order valence-corrected chi connectivity index (χ4v) is 2.65. The molecule has 98 valence electrons. The van der Waals surface area contributed by atoms with Gasteiger partial charge in [0.25, 0.3) is 0 Å². The summed E-state index contributed by atoms with van der Waals surface area (Å²) in [6.45, 7) is 4.66. The first kappa shape index (κ1) is 14.6. The first-order valence-corrected chi connectivity index (χ1v) is 7.94. The van der Waals surface area contributed by atoms with Gasteiger partial charge in [0.05, 0.1) is 4.90 Å². The molecule has 0 aliphatic rings. The lowest BCUT2D eigenvalue weighted by Gasteiger charge is -2.21. The van der Waals surface area contributed by atoms with Crippen LogP contribution in [0.1, 0.15) is 19.5 Å². The van der Waals surface area contributed by atoms with E-state index < -0.39 is 10.0 Å². The molecule has 4 N–H and O–H groups in total. The number of rotatable bonds is 6. The van der Waals surface area contributed by atoms with Crippen LogP contribution in [0.4, 0.5) is 0 Å². The molecule has 7 heteroatoms. The minimum Gasteiger partial charge on any atom is -0.363 e. The van der Waals surface area contributed by atoms with Gasteiger partial charge < -0.3 is 10.7 Å². The Kier molecular flexibility index (Phi) is 4.65. The summed E-state index contributed by atoms with van der Waals surface area (Å²) in [4.78, 5) is 3.05. The van der Waals surface area contributed by atoms with E-state index in [1.165, 1.54) is 6.20 Å². The number of thioether (sulfide) groups is 1. The van der Waals surface area contributed by atoms with Crippen molar-refractivity contribution in [3.63, 3.8) is 0 Å². The molecule has 0 radical (unpaired) electrons. The van der Waals surface area contributed by atoms with E-state index in [-0.39, 0.29) is 9.64 Å². The first-order chi connectivity index (χ1) is 7.80. The molecule has 0 bridgehead atoms. The van der Waals surface area contributed by atoms with Gasteiger partial charge in [-0.05, 0) is 26.2 Å². The number of hydrogen-bond acceptors (Lipinski definition) is 4. The van der Waals surface area contributed by atoms with E-state index in [1.807, 2.05) is 20.1 Å². The Morgan fingerprint density at radius 2 is 2.18 bits per heavy atom. The summed E-state index contributed by atoms with van der Waals surface area (Å²) < 4.78 is 26.4. The van der Waals surface area contributed by atoms with E-state index in [9.17, 15) is 8.42 Å². The van der Waals surface area contributed by atoms with Crippen LogP contribution in [0.5, 0.6) is 0 Å². The summed E-state index contributed by atoms with van der Waals surface area (Å²) in [7, 11) is -3.44. The fraction of sp³-hybridized carbons (Fsp3) is 0.600. The van der Waals surface area contributed by atoms with Crippen LogP contribution in [-0.4, -0.2) is 30.9 Å². The molecule has 0 atom stereocenters. The maximum absolute atomic E-state index is 11.9. The second kappa shape index (κ2) is 5.43. The van der Waals surface area contributed by atoms with Gasteiger partial charge in [0.1, 0.15) is 0 Å². The van der Waals surface area contributed by atoms with Gasteiger partial charge in [0, 0.05) is 29.7 Å². The quantitative estimate of drug-likeness (QED) is 0.720. The number of hydrogen-bond donors (Lipinski definition) is 3. The van der Waals surface area contributed by atoms with E-state index in [0.29, 0.717) is 18.8 Å². The van der Waals surface area contributed by atoms with Crippen molar-refractivity contribution in [3.8, 4) is 0 Å². The van der Waals surface area contributed by atoms with Gasteiger partial charge >= 0.3 is 0 Å². The van der Waals surface area contributed by atoms with E-state index >= 15 is 0 Å². The highest BCUT2D eigenvalue weighted by molar-refractivity contribution is 8.00. The highest BCUT2D eigenvalue weighted by Crippen LogP contribution is 2.20. The van der Waals surface area contributed by atoms with E-state index in [1.54, 1.807) is 17.8 Å². The van der Waals surface area contributed by atoms with Crippen LogP contribution < -0.4 is 10.5 Å². The monoisotopic (exact) mass is 277 g/mol. The number of H-pyrrole nitrogens is 1. The van der Waals surface area contributed by atoms with Crippen LogP contribution in [0.15, 0.2) is 17.2 Å². The number of aromatic amines is 1. The number of aromatic nitrogens is 1. The Hall–Kier alpha value is -0.500. The van der Waals surface area contributed by atoms with Crippen LogP contribution in [-0.2, 0) is 16.6 Å². The molecule has 17 heavy (non-hydrogen) atoms. The highest BCUT2D eigenvalue weighted by Gasteiger charge is 2.21. The lowest BCUT2D eigenvalue weighted by atomic mass is 10.2. The van der Waals surface area contributed by atoms with Crippen LogP contribution in [0.25, 0.3) is 0 Å². The molecule has 0 saturated heterocycles. The summed E-state index contributed by atoms with van der Waals surface area (Å²) >= 11 is 1.62. The van der Waals surface area contributed by atoms with Crippen molar-refractivity contribution in [3.05, 3.63) is 18.0 Å². The molecule has 1 rings (SSSR count). The Morgan fingerprint density at radius 1 is 1.53 bits per heavy atom. The Labute approximate surface area is 107 Å².